The summed E-state index contributed by atoms with van der Waals surface area (Å²) in [6.45, 7) is 8.15. The van der Waals surface area contributed by atoms with Crippen LogP contribution in [0, 0.1) is 0 Å². The fourth-order valence-electron chi connectivity index (χ4n) is 3.30. The third-order valence-corrected chi connectivity index (χ3v) is 9.55. The summed E-state index contributed by atoms with van der Waals surface area (Å²) < 4.78 is 5.65. The molecule has 0 radical (unpaired) electrons. The molecule has 1 rings (SSSR count). The van der Waals surface area contributed by atoms with Crippen molar-refractivity contribution in [3.05, 3.63) is 24.3 Å². The van der Waals surface area contributed by atoms with E-state index in [1.54, 1.807) is 24.3 Å². The van der Waals surface area contributed by atoms with Crippen LogP contribution in [0.3, 0.4) is 0 Å². The van der Waals surface area contributed by atoms with Gasteiger partial charge < -0.3 is 10.1 Å². The standard InChI is InChI=1S/C22H36NO3P/c1-5-8-15-27(16-9-6-2,17-10-7-3)18-22(25)26-21-13-11-20(12-14-21)23-19(4)24/h11-14H,5-10,15-18H2,1-4H3/p+1. The molecule has 27 heavy (non-hydrogen) atoms. The Labute approximate surface area is 165 Å². The van der Waals surface area contributed by atoms with Gasteiger partial charge in [0.2, 0.25) is 5.91 Å². The molecule has 0 bridgehead atoms. The fraction of sp³-hybridized carbons (Fsp3) is 0.636. The molecule has 1 aromatic carbocycles. The van der Waals surface area contributed by atoms with E-state index in [0.29, 0.717) is 17.6 Å². The summed E-state index contributed by atoms with van der Waals surface area (Å²) in [5.41, 5.74) is 0.706. The molecule has 0 fully saturated rings. The summed E-state index contributed by atoms with van der Waals surface area (Å²) in [7, 11) is -1.30. The predicted molar refractivity (Wildman–Crippen MR) is 117 cm³/mol. The van der Waals surface area contributed by atoms with Gasteiger partial charge in [-0.05, 0) is 43.5 Å². The van der Waals surface area contributed by atoms with Crippen molar-refractivity contribution in [2.24, 2.45) is 0 Å². The van der Waals surface area contributed by atoms with Crippen molar-refractivity contribution in [1.29, 1.82) is 0 Å². The second-order valence-corrected chi connectivity index (χ2v) is 11.8. The Morgan fingerprint density at radius 3 is 1.78 bits per heavy atom. The summed E-state index contributed by atoms with van der Waals surface area (Å²) >= 11 is 0. The minimum atomic E-state index is -1.30. The molecule has 0 aromatic heterocycles. The van der Waals surface area contributed by atoms with E-state index in [4.69, 9.17) is 4.74 Å². The number of hydrogen-bond acceptors (Lipinski definition) is 3. The van der Waals surface area contributed by atoms with Crippen molar-refractivity contribution >= 4 is 24.8 Å². The van der Waals surface area contributed by atoms with Crippen molar-refractivity contribution in [2.75, 3.05) is 30.0 Å². The monoisotopic (exact) mass is 394 g/mol. The van der Waals surface area contributed by atoms with Gasteiger partial charge in [-0.2, -0.15) is 0 Å². The fourth-order valence-corrected chi connectivity index (χ4v) is 8.02. The second-order valence-electron chi connectivity index (χ2n) is 7.41. The smallest absolute Gasteiger partial charge is 0.349 e. The van der Waals surface area contributed by atoms with E-state index < -0.39 is 7.26 Å². The number of anilines is 1. The molecular weight excluding hydrogens is 357 g/mol. The van der Waals surface area contributed by atoms with Crippen molar-refractivity contribution in [3.8, 4) is 5.75 Å². The number of unbranched alkanes of at least 4 members (excludes halogenated alkanes) is 3. The van der Waals surface area contributed by atoms with Crippen molar-refractivity contribution < 1.29 is 14.3 Å². The van der Waals surface area contributed by atoms with E-state index in [1.807, 2.05) is 0 Å². The zero-order chi connectivity index (χ0) is 20.1. The Morgan fingerprint density at radius 2 is 1.37 bits per heavy atom. The number of ether oxygens (including phenoxy) is 1. The summed E-state index contributed by atoms with van der Waals surface area (Å²) in [6.07, 6.45) is 11.4. The highest BCUT2D eigenvalue weighted by molar-refractivity contribution is 7.76. The van der Waals surface area contributed by atoms with E-state index in [1.165, 1.54) is 63.9 Å². The van der Waals surface area contributed by atoms with Gasteiger partial charge in [-0.15, -0.1) is 0 Å². The third kappa shape index (κ3) is 9.37. The van der Waals surface area contributed by atoms with Crippen LogP contribution in [0.2, 0.25) is 0 Å². The molecular formula is C22H37NO3P+. The Hall–Kier alpha value is -1.41. The molecule has 0 unspecified atom stereocenters. The van der Waals surface area contributed by atoms with Crippen LogP contribution in [0.25, 0.3) is 0 Å². The average molecular weight is 395 g/mol. The highest BCUT2D eigenvalue weighted by Gasteiger charge is 2.38. The van der Waals surface area contributed by atoms with Crippen LogP contribution < -0.4 is 10.1 Å². The summed E-state index contributed by atoms with van der Waals surface area (Å²) in [5.74, 6) is 0.338. The highest BCUT2D eigenvalue weighted by atomic mass is 31.2. The molecule has 0 saturated carbocycles. The lowest BCUT2D eigenvalue weighted by molar-refractivity contribution is -0.131. The lowest BCUT2D eigenvalue weighted by Crippen LogP contribution is -2.22. The molecule has 0 heterocycles. The predicted octanol–water partition coefficient (Wildman–Crippen LogP) is 5.97. The maximum absolute atomic E-state index is 12.7. The number of hydrogen-bond donors (Lipinski definition) is 1. The summed E-state index contributed by atoms with van der Waals surface area (Å²) in [6, 6.07) is 7.01. The average Bonchev–Trinajstić information content (AvgIpc) is 2.64. The van der Waals surface area contributed by atoms with E-state index in [2.05, 4.69) is 26.1 Å². The van der Waals surface area contributed by atoms with Gasteiger partial charge in [-0.25, -0.2) is 4.79 Å². The molecule has 4 nitrogen and oxygen atoms in total. The maximum Gasteiger partial charge on any atom is 0.349 e. The van der Waals surface area contributed by atoms with E-state index in [-0.39, 0.29) is 11.9 Å². The van der Waals surface area contributed by atoms with Crippen LogP contribution in [0.4, 0.5) is 5.69 Å². The largest absolute Gasteiger partial charge is 0.424 e. The van der Waals surface area contributed by atoms with Crippen molar-refractivity contribution in [1.82, 2.24) is 0 Å². The number of rotatable bonds is 13. The Kier molecular flexibility index (Phi) is 11.3. The van der Waals surface area contributed by atoms with Crippen LogP contribution in [-0.2, 0) is 9.59 Å². The Balaban J connectivity index is 2.78. The second kappa shape index (κ2) is 12.9. The summed E-state index contributed by atoms with van der Waals surface area (Å²) in [4.78, 5) is 23.8. The van der Waals surface area contributed by atoms with Crippen LogP contribution in [-0.4, -0.2) is 36.5 Å². The molecule has 0 aliphatic carbocycles. The first-order valence-electron chi connectivity index (χ1n) is 10.4. The number of amides is 1. The number of nitrogens with one attached hydrogen (secondary N) is 1. The minimum Gasteiger partial charge on any atom is -0.424 e. The van der Waals surface area contributed by atoms with E-state index in [0.717, 1.165) is 0 Å². The number of carbonyl (C=O) groups is 2. The van der Waals surface area contributed by atoms with Gasteiger partial charge >= 0.3 is 5.97 Å². The van der Waals surface area contributed by atoms with Gasteiger partial charge in [0.25, 0.3) is 0 Å². The molecule has 1 amide bonds. The van der Waals surface area contributed by atoms with Gasteiger partial charge in [-0.3, -0.25) is 4.79 Å². The van der Waals surface area contributed by atoms with Crippen LogP contribution >= 0.6 is 7.26 Å². The first-order valence-corrected chi connectivity index (χ1v) is 12.9. The van der Waals surface area contributed by atoms with Crippen molar-refractivity contribution in [3.63, 3.8) is 0 Å². The van der Waals surface area contributed by atoms with Crippen LogP contribution in [0.15, 0.2) is 24.3 Å². The maximum atomic E-state index is 12.7. The molecule has 0 aliphatic heterocycles. The molecule has 0 atom stereocenters. The molecule has 0 aliphatic rings. The van der Waals surface area contributed by atoms with Gasteiger partial charge in [0.05, 0.1) is 18.5 Å². The molecule has 0 spiro atoms. The van der Waals surface area contributed by atoms with Gasteiger partial charge in [0.15, 0.2) is 6.16 Å². The zero-order valence-corrected chi connectivity index (χ0v) is 18.4. The topological polar surface area (TPSA) is 55.4 Å². The Bertz CT molecular complexity index is 550. The first kappa shape index (κ1) is 23.6. The number of benzene rings is 1. The van der Waals surface area contributed by atoms with Gasteiger partial charge in [-0.1, -0.05) is 40.0 Å². The first-order chi connectivity index (χ1) is 12.9. The zero-order valence-electron chi connectivity index (χ0n) is 17.6. The number of esters is 1. The molecule has 1 aromatic rings. The van der Waals surface area contributed by atoms with Crippen LogP contribution in [0.5, 0.6) is 5.75 Å². The van der Waals surface area contributed by atoms with Gasteiger partial charge in [0.1, 0.15) is 5.75 Å². The highest BCUT2D eigenvalue weighted by Crippen LogP contribution is 2.60. The minimum absolute atomic E-state index is 0.0982. The van der Waals surface area contributed by atoms with E-state index in [9.17, 15) is 9.59 Å². The van der Waals surface area contributed by atoms with E-state index >= 15 is 0 Å². The SMILES string of the molecule is CCCC[P+](CCCC)(CCCC)CC(=O)Oc1ccc(NC(C)=O)cc1. The molecule has 152 valence electrons. The molecule has 5 heteroatoms. The molecule has 0 saturated heterocycles. The van der Waals surface area contributed by atoms with Gasteiger partial charge in [0, 0.05) is 19.9 Å². The quantitative estimate of drug-likeness (QED) is 0.255. The number of carbonyl (C=O) groups excluding carboxylic acids is 2. The van der Waals surface area contributed by atoms with Crippen LogP contribution in [0.1, 0.15) is 66.2 Å². The molecule has 1 N–H and O–H groups in total. The Morgan fingerprint density at radius 1 is 0.889 bits per heavy atom. The normalized spacial score (nSPS) is 11.3. The third-order valence-electron chi connectivity index (χ3n) is 4.83. The van der Waals surface area contributed by atoms with Crippen molar-refractivity contribution in [2.45, 2.75) is 66.2 Å². The lowest BCUT2D eigenvalue weighted by atomic mass is 10.3. The lowest BCUT2D eigenvalue weighted by Gasteiger charge is -2.27. The summed E-state index contributed by atoms with van der Waals surface area (Å²) in [5, 5.41) is 2.72.